The molecular formula is C22H35N3O10. The first-order valence-electron chi connectivity index (χ1n) is 11.3. The highest BCUT2D eigenvalue weighted by Crippen LogP contribution is 2.19. The Balaban J connectivity index is 0.000000195. The third-order valence-electron chi connectivity index (χ3n) is 5.12. The number of fused-ring (bicyclic) bond motifs is 1. The number of carbonyl (C=O) groups is 3. The van der Waals surface area contributed by atoms with Gasteiger partial charge in [-0.15, -0.1) is 0 Å². The molecule has 0 spiro atoms. The molecule has 4 rings (SSSR count). The van der Waals surface area contributed by atoms with Gasteiger partial charge in [0.15, 0.2) is 17.9 Å². The first kappa shape index (κ1) is 28.5. The van der Waals surface area contributed by atoms with Gasteiger partial charge in [-0.2, -0.15) is 0 Å². The second-order valence-corrected chi connectivity index (χ2v) is 8.30. The normalized spacial score (nSPS) is 28.9. The molecule has 4 aliphatic rings. The van der Waals surface area contributed by atoms with E-state index in [0.29, 0.717) is 38.4 Å². The van der Waals surface area contributed by atoms with Crippen LogP contribution in [0.15, 0.2) is 9.98 Å². The molecule has 198 valence electrons. The number of rotatable bonds is 5. The highest BCUT2D eigenvalue weighted by atomic mass is 16.6. The molecule has 2 fully saturated rings. The lowest BCUT2D eigenvalue weighted by molar-refractivity contribution is -0.157. The van der Waals surface area contributed by atoms with Crippen molar-refractivity contribution in [1.29, 1.82) is 0 Å². The average molecular weight is 502 g/mol. The summed E-state index contributed by atoms with van der Waals surface area (Å²) in [5.74, 6) is 0.376. The predicted octanol–water partition coefficient (Wildman–Crippen LogP) is -0.617. The van der Waals surface area contributed by atoms with E-state index in [2.05, 4.69) is 15.3 Å². The largest absolute Gasteiger partial charge is 0.479 e. The Hall–Kier alpha value is -2.77. The Labute approximate surface area is 204 Å². The minimum absolute atomic E-state index is 0.000278. The molecule has 4 heterocycles. The maximum atomic E-state index is 10.9. The molecule has 0 aromatic carbocycles. The van der Waals surface area contributed by atoms with Gasteiger partial charge < -0.3 is 38.8 Å². The number of aliphatic hydroxyl groups is 1. The van der Waals surface area contributed by atoms with Crippen molar-refractivity contribution in [3.05, 3.63) is 0 Å². The lowest BCUT2D eigenvalue weighted by Crippen LogP contribution is -2.41. The van der Waals surface area contributed by atoms with Gasteiger partial charge >= 0.3 is 11.9 Å². The van der Waals surface area contributed by atoms with Crippen molar-refractivity contribution in [3.8, 4) is 0 Å². The van der Waals surface area contributed by atoms with Gasteiger partial charge in [0, 0.05) is 34.6 Å². The molecule has 35 heavy (non-hydrogen) atoms. The standard InChI is InChI=1S/C10H15NO5.C6H11NO3.C6H9NO2/c1-6-11-9(4-14-6)10(16-8(3)13)5-15-7(2)12;1-4(8)7-5-2-10-3-6(5)9;1-4-7-5-2-8-3-6(5)9-4/h9-10H,4-5H2,1-3H3;5-6,9H,2-3H2,1H3,(H,7,8);5-6H,2-3H2,1H3/t9?,10-;5?,6-;5-,6+/m110/s1. The van der Waals surface area contributed by atoms with E-state index in [9.17, 15) is 14.4 Å². The topological polar surface area (TPSA) is 164 Å². The maximum Gasteiger partial charge on any atom is 0.303 e. The zero-order valence-corrected chi connectivity index (χ0v) is 20.7. The third kappa shape index (κ3) is 10.2. The molecule has 4 aliphatic heterocycles. The van der Waals surface area contributed by atoms with Crippen LogP contribution in [0.4, 0.5) is 0 Å². The van der Waals surface area contributed by atoms with Crippen LogP contribution in [-0.2, 0) is 42.8 Å². The number of aliphatic imine (C=N–C) groups is 2. The fourth-order valence-electron chi connectivity index (χ4n) is 3.52. The molecule has 0 aliphatic carbocycles. The summed E-state index contributed by atoms with van der Waals surface area (Å²) in [6.07, 6.45) is -0.896. The zero-order chi connectivity index (χ0) is 26.0. The van der Waals surface area contributed by atoms with E-state index in [1.807, 2.05) is 6.92 Å². The highest BCUT2D eigenvalue weighted by molar-refractivity contribution is 5.75. The SMILES string of the molecule is CC(=O)NC1COC[C@H]1O.CC(=O)OC[C@@H](OC(C)=O)C1COC(C)=N1.CC1=N[C@H]2COC[C@H]2O1. The van der Waals surface area contributed by atoms with Gasteiger partial charge in [-0.1, -0.05) is 0 Å². The van der Waals surface area contributed by atoms with E-state index in [1.54, 1.807) is 6.92 Å². The van der Waals surface area contributed by atoms with Crippen LogP contribution in [0.1, 0.15) is 34.6 Å². The molecule has 13 nitrogen and oxygen atoms in total. The second-order valence-electron chi connectivity index (χ2n) is 8.30. The van der Waals surface area contributed by atoms with Crippen LogP contribution in [0, 0.1) is 0 Å². The third-order valence-corrected chi connectivity index (χ3v) is 5.12. The van der Waals surface area contributed by atoms with Gasteiger partial charge in [-0.25, -0.2) is 9.98 Å². The van der Waals surface area contributed by atoms with Crippen LogP contribution < -0.4 is 5.32 Å². The summed E-state index contributed by atoms with van der Waals surface area (Å²) < 4.78 is 30.3. The van der Waals surface area contributed by atoms with Crippen LogP contribution in [0.5, 0.6) is 0 Å². The molecule has 0 radical (unpaired) electrons. The number of amides is 1. The summed E-state index contributed by atoms with van der Waals surface area (Å²) in [5, 5.41) is 11.7. The van der Waals surface area contributed by atoms with Crippen molar-refractivity contribution in [1.82, 2.24) is 5.32 Å². The zero-order valence-electron chi connectivity index (χ0n) is 20.7. The summed E-state index contributed by atoms with van der Waals surface area (Å²) in [6, 6.07) is -0.217. The molecule has 0 bridgehead atoms. The molecule has 6 atom stereocenters. The maximum absolute atomic E-state index is 10.9. The Morgan fingerprint density at radius 2 is 1.71 bits per heavy atom. The minimum atomic E-state index is -0.584. The molecule has 0 aromatic heterocycles. The molecule has 0 saturated carbocycles. The molecule has 2 unspecified atom stereocenters. The van der Waals surface area contributed by atoms with E-state index in [4.69, 9.17) is 33.5 Å². The van der Waals surface area contributed by atoms with E-state index < -0.39 is 24.1 Å². The summed E-state index contributed by atoms with van der Waals surface area (Å²) in [7, 11) is 0. The monoisotopic (exact) mass is 501 g/mol. The molecule has 2 saturated heterocycles. The number of hydrogen-bond acceptors (Lipinski definition) is 12. The highest BCUT2D eigenvalue weighted by Gasteiger charge is 2.34. The number of nitrogens with zero attached hydrogens (tertiary/aromatic N) is 2. The smallest absolute Gasteiger partial charge is 0.303 e. The lowest BCUT2D eigenvalue weighted by atomic mass is 10.2. The van der Waals surface area contributed by atoms with Gasteiger partial charge in [-0.05, 0) is 0 Å². The number of carbonyl (C=O) groups excluding carboxylic acids is 3. The molecule has 0 aromatic rings. The summed E-state index contributed by atoms with van der Waals surface area (Å²) in [6.45, 7) is 10.2. The van der Waals surface area contributed by atoms with Crippen molar-refractivity contribution in [2.75, 3.05) is 39.6 Å². The first-order valence-corrected chi connectivity index (χ1v) is 11.3. The van der Waals surface area contributed by atoms with Gasteiger partial charge in [0.1, 0.15) is 31.4 Å². The Kier molecular flexibility index (Phi) is 11.3. The molecule has 2 N–H and O–H groups in total. The van der Waals surface area contributed by atoms with Crippen LogP contribution in [0.2, 0.25) is 0 Å². The van der Waals surface area contributed by atoms with E-state index in [0.717, 1.165) is 12.5 Å². The lowest BCUT2D eigenvalue weighted by Gasteiger charge is -2.19. The fraction of sp³-hybridized carbons (Fsp3) is 0.773. The number of esters is 2. The van der Waals surface area contributed by atoms with Crippen LogP contribution in [0.3, 0.4) is 0 Å². The molecule has 13 heteroatoms. The van der Waals surface area contributed by atoms with Gasteiger partial charge in [0.25, 0.3) is 0 Å². The first-order chi connectivity index (χ1) is 16.5. The summed E-state index contributed by atoms with van der Waals surface area (Å²) in [5.41, 5.74) is 0. The van der Waals surface area contributed by atoms with Crippen molar-refractivity contribution >= 4 is 29.6 Å². The minimum Gasteiger partial charge on any atom is -0.479 e. The molecular weight excluding hydrogens is 466 g/mol. The van der Waals surface area contributed by atoms with Crippen LogP contribution >= 0.6 is 0 Å². The Morgan fingerprint density at radius 3 is 2.23 bits per heavy atom. The fourth-order valence-corrected chi connectivity index (χ4v) is 3.52. The van der Waals surface area contributed by atoms with Gasteiger partial charge in [0.05, 0.1) is 38.6 Å². The van der Waals surface area contributed by atoms with Gasteiger partial charge in [0.2, 0.25) is 5.91 Å². The van der Waals surface area contributed by atoms with E-state index >= 15 is 0 Å². The Bertz CT molecular complexity index is 802. The van der Waals surface area contributed by atoms with Crippen molar-refractivity contribution in [2.45, 2.75) is 71.1 Å². The van der Waals surface area contributed by atoms with Crippen LogP contribution in [-0.4, -0.2) is 111 Å². The van der Waals surface area contributed by atoms with Crippen molar-refractivity contribution in [3.63, 3.8) is 0 Å². The van der Waals surface area contributed by atoms with Crippen LogP contribution in [0.25, 0.3) is 0 Å². The summed E-state index contributed by atoms with van der Waals surface area (Å²) in [4.78, 5) is 40.4. The molecule has 1 amide bonds. The second kappa shape index (κ2) is 14.0. The van der Waals surface area contributed by atoms with E-state index in [1.165, 1.54) is 20.8 Å². The number of hydrogen-bond donors (Lipinski definition) is 2. The summed E-state index contributed by atoms with van der Waals surface area (Å²) >= 11 is 0. The number of ether oxygens (including phenoxy) is 6. The Morgan fingerprint density at radius 1 is 1.00 bits per heavy atom. The van der Waals surface area contributed by atoms with Gasteiger partial charge in [-0.3, -0.25) is 14.4 Å². The van der Waals surface area contributed by atoms with Crippen molar-refractivity contribution < 1.29 is 47.9 Å². The average Bonchev–Trinajstić information content (AvgIpc) is 3.53. The predicted molar refractivity (Wildman–Crippen MR) is 122 cm³/mol. The van der Waals surface area contributed by atoms with E-state index in [-0.39, 0.29) is 30.7 Å². The number of nitrogens with one attached hydrogen (secondary N) is 1. The van der Waals surface area contributed by atoms with Crippen molar-refractivity contribution in [2.24, 2.45) is 9.98 Å². The number of aliphatic hydroxyl groups excluding tert-OH is 1. The quantitative estimate of drug-likeness (QED) is 0.464.